The third-order valence-electron chi connectivity index (χ3n) is 7.40. The van der Waals surface area contributed by atoms with E-state index in [2.05, 4.69) is 17.6 Å². The number of aromatic hydroxyl groups is 2. The topological polar surface area (TPSA) is 117 Å². The van der Waals surface area contributed by atoms with Crippen molar-refractivity contribution in [1.82, 2.24) is 10.6 Å². The summed E-state index contributed by atoms with van der Waals surface area (Å²) >= 11 is 0. The molecule has 8 heteroatoms. The fourth-order valence-corrected chi connectivity index (χ4v) is 4.81. The van der Waals surface area contributed by atoms with Gasteiger partial charge in [-0.2, -0.15) is 0 Å². The number of carbonyl (C=O) groups excluding carboxylic acids is 2. The Balaban J connectivity index is 1.38. The van der Waals surface area contributed by atoms with Crippen molar-refractivity contribution in [2.24, 2.45) is 0 Å². The Labute approximate surface area is 258 Å². The molecule has 0 aliphatic carbocycles. The van der Waals surface area contributed by atoms with E-state index in [4.69, 9.17) is 9.47 Å². The molecule has 0 bridgehead atoms. The summed E-state index contributed by atoms with van der Waals surface area (Å²) in [5, 5.41) is 24.3. The Morgan fingerprint density at radius 1 is 0.558 bits per heavy atom. The molecular formula is C35H54N2O6. The normalized spacial score (nSPS) is 10.8. The second-order valence-corrected chi connectivity index (χ2v) is 11.2. The molecule has 0 unspecified atom stereocenters. The van der Waals surface area contributed by atoms with Gasteiger partial charge in [0.2, 0.25) is 0 Å². The van der Waals surface area contributed by atoms with Crippen molar-refractivity contribution in [3.05, 3.63) is 42.5 Å². The molecule has 8 nitrogen and oxygen atoms in total. The monoisotopic (exact) mass is 598 g/mol. The maximum Gasteiger partial charge on any atom is 0.309 e. The Morgan fingerprint density at radius 2 is 1.00 bits per heavy atom. The number of benzene rings is 2. The highest BCUT2D eigenvalue weighted by atomic mass is 16.5. The van der Waals surface area contributed by atoms with Crippen LogP contribution in [-0.4, -0.2) is 41.7 Å². The molecule has 2 amide bonds. The molecule has 0 aliphatic heterocycles. The Morgan fingerprint density at radius 3 is 1.51 bits per heavy atom. The molecule has 0 saturated carbocycles. The smallest absolute Gasteiger partial charge is 0.309 e. The first kappa shape index (κ1) is 35.8. The third kappa shape index (κ3) is 17.3. The Hall–Kier alpha value is -3.42. The van der Waals surface area contributed by atoms with Crippen LogP contribution < -0.4 is 20.1 Å². The number of rotatable bonds is 24. The molecule has 0 aromatic heterocycles. The van der Waals surface area contributed by atoms with Gasteiger partial charge in [0.15, 0.2) is 11.5 Å². The molecule has 0 spiro atoms. The van der Waals surface area contributed by atoms with Gasteiger partial charge in [0.05, 0.1) is 6.61 Å². The van der Waals surface area contributed by atoms with Gasteiger partial charge in [-0.1, -0.05) is 103 Å². The Kier molecular flexibility index (Phi) is 19.2. The molecule has 0 atom stereocenters. The Bertz CT molecular complexity index is 1030. The van der Waals surface area contributed by atoms with E-state index in [0.29, 0.717) is 43.4 Å². The van der Waals surface area contributed by atoms with Crippen molar-refractivity contribution >= 4 is 11.8 Å². The van der Waals surface area contributed by atoms with Gasteiger partial charge in [0, 0.05) is 19.2 Å². The number of unbranched alkanes of at least 4 members (excludes halogenated alkanes) is 15. The van der Waals surface area contributed by atoms with E-state index >= 15 is 0 Å². The summed E-state index contributed by atoms with van der Waals surface area (Å²) in [4.78, 5) is 24.0. The molecule has 240 valence electrons. The van der Waals surface area contributed by atoms with Gasteiger partial charge in [-0.25, -0.2) is 0 Å². The summed E-state index contributed by atoms with van der Waals surface area (Å²) in [6, 6.07) is 11.2. The molecule has 0 aliphatic rings. The lowest BCUT2D eigenvalue weighted by Gasteiger charge is -2.10. The fraction of sp³-hybridized carbons (Fsp3) is 0.600. The number of hydrogen-bond acceptors (Lipinski definition) is 6. The largest absolute Gasteiger partial charge is 0.504 e. The van der Waals surface area contributed by atoms with Crippen LogP contribution in [0.15, 0.2) is 42.5 Å². The van der Waals surface area contributed by atoms with Crippen LogP contribution in [0.2, 0.25) is 0 Å². The summed E-state index contributed by atoms with van der Waals surface area (Å²) in [6.07, 6.45) is 21.4. The summed E-state index contributed by atoms with van der Waals surface area (Å²) in [6.45, 7) is 3.52. The lowest BCUT2D eigenvalue weighted by molar-refractivity contribution is -0.139. The van der Waals surface area contributed by atoms with E-state index in [1.165, 1.54) is 102 Å². The van der Waals surface area contributed by atoms with Crippen molar-refractivity contribution < 1.29 is 29.3 Å². The summed E-state index contributed by atoms with van der Waals surface area (Å²) in [5.74, 6) is -0.0681. The van der Waals surface area contributed by atoms with Crippen LogP contribution in [0.3, 0.4) is 0 Å². The number of amides is 2. The van der Waals surface area contributed by atoms with E-state index in [1.54, 1.807) is 30.3 Å². The molecule has 2 rings (SSSR count). The minimum atomic E-state index is -0.613. The van der Waals surface area contributed by atoms with Gasteiger partial charge >= 0.3 is 11.8 Å². The maximum absolute atomic E-state index is 12.0. The van der Waals surface area contributed by atoms with Crippen LogP contribution in [0.25, 0.3) is 0 Å². The van der Waals surface area contributed by atoms with Crippen LogP contribution in [0.5, 0.6) is 28.7 Å². The quantitative estimate of drug-likeness (QED) is 0.0550. The van der Waals surface area contributed by atoms with Crippen molar-refractivity contribution in [3.63, 3.8) is 0 Å². The number of hydrogen-bond donors (Lipinski definition) is 4. The molecule has 43 heavy (non-hydrogen) atoms. The molecule has 2 aromatic carbocycles. The minimum absolute atomic E-state index is 0.210. The average molecular weight is 599 g/mol. The third-order valence-corrected chi connectivity index (χ3v) is 7.40. The number of phenolic OH excluding ortho intramolecular Hbond substituents is 2. The van der Waals surface area contributed by atoms with E-state index in [9.17, 15) is 19.8 Å². The first-order chi connectivity index (χ1) is 21.0. The first-order valence-corrected chi connectivity index (χ1v) is 16.5. The number of nitrogens with one attached hydrogen (secondary N) is 2. The van der Waals surface area contributed by atoms with Crippen LogP contribution in [-0.2, 0) is 9.59 Å². The van der Waals surface area contributed by atoms with Crippen molar-refractivity contribution in [2.45, 2.75) is 116 Å². The zero-order valence-electron chi connectivity index (χ0n) is 26.2. The van der Waals surface area contributed by atoms with Crippen LogP contribution in [0, 0.1) is 0 Å². The zero-order valence-corrected chi connectivity index (χ0v) is 26.2. The van der Waals surface area contributed by atoms with E-state index in [-0.39, 0.29) is 11.5 Å². The van der Waals surface area contributed by atoms with Crippen LogP contribution in [0.4, 0.5) is 0 Å². The molecule has 4 N–H and O–H groups in total. The van der Waals surface area contributed by atoms with E-state index < -0.39 is 11.8 Å². The lowest BCUT2D eigenvalue weighted by atomic mass is 10.0. The predicted molar refractivity (Wildman–Crippen MR) is 172 cm³/mol. The first-order valence-electron chi connectivity index (χ1n) is 16.5. The second-order valence-electron chi connectivity index (χ2n) is 11.2. The van der Waals surface area contributed by atoms with Crippen LogP contribution in [0.1, 0.15) is 116 Å². The van der Waals surface area contributed by atoms with E-state index in [1.807, 2.05) is 0 Å². The molecule has 0 saturated heterocycles. The van der Waals surface area contributed by atoms with Crippen molar-refractivity contribution in [3.8, 4) is 28.7 Å². The highest BCUT2D eigenvalue weighted by Crippen LogP contribution is 2.31. The number of carbonyl (C=O) groups is 2. The predicted octanol–water partition coefficient (Wildman–Crippen LogP) is 8.15. The van der Waals surface area contributed by atoms with Gasteiger partial charge in [-0.05, 0) is 49.2 Å². The van der Waals surface area contributed by atoms with Gasteiger partial charge in [-0.15, -0.1) is 0 Å². The standard InChI is InChI=1S/C35H54N2O6/c1-2-3-4-5-6-7-8-9-10-11-12-13-14-15-16-17-25-36-34(40)35(41)37-26-18-27-42-29-19-21-30(22-20-29)43-31-23-24-32(38)33(39)28-31/h19-24,28,38-39H,2-18,25-27H2,1H3,(H,36,40)(H,37,41). The maximum atomic E-state index is 12.0. The highest BCUT2D eigenvalue weighted by Gasteiger charge is 2.11. The van der Waals surface area contributed by atoms with Gasteiger partial charge in [-0.3, -0.25) is 9.59 Å². The fourth-order valence-electron chi connectivity index (χ4n) is 4.81. The van der Waals surface area contributed by atoms with Gasteiger partial charge < -0.3 is 30.3 Å². The number of ether oxygens (including phenoxy) is 2. The molecule has 0 fully saturated rings. The minimum Gasteiger partial charge on any atom is -0.504 e. The van der Waals surface area contributed by atoms with Gasteiger partial charge in [0.1, 0.15) is 17.2 Å². The van der Waals surface area contributed by atoms with Crippen molar-refractivity contribution in [2.75, 3.05) is 19.7 Å². The molecular weight excluding hydrogens is 544 g/mol. The molecule has 0 radical (unpaired) electrons. The highest BCUT2D eigenvalue weighted by molar-refractivity contribution is 6.35. The second kappa shape index (κ2) is 23.1. The van der Waals surface area contributed by atoms with Crippen LogP contribution >= 0.6 is 0 Å². The lowest BCUT2D eigenvalue weighted by Crippen LogP contribution is -2.40. The average Bonchev–Trinajstić information content (AvgIpc) is 3.01. The SMILES string of the molecule is CCCCCCCCCCCCCCCCCCNC(=O)C(=O)NCCCOc1ccc(Oc2ccc(O)c(O)c2)cc1. The van der Waals surface area contributed by atoms with E-state index in [0.717, 1.165) is 12.8 Å². The summed E-state index contributed by atoms with van der Waals surface area (Å²) in [5.41, 5.74) is 0. The molecule has 2 aromatic rings. The summed E-state index contributed by atoms with van der Waals surface area (Å²) < 4.78 is 11.3. The summed E-state index contributed by atoms with van der Waals surface area (Å²) in [7, 11) is 0. The zero-order chi connectivity index (χ0) is 31.0. The number of phenols is 2. The van der Waals surface area contributed by atoms with Gasteiger partial charge in [0.25, 0.3) is 0 Å². The van der Waals surface area contributed by atoms with Crippen molar-refractivity contribution in [1.29, 1.82) is 0 Å². The molecule has 0 heterocycles.